The van der Waals surface area contributed by atoms with Gasteiger partial charge in [0.1, 0.15) is 0 Å². The van der Waals surface area contributed by atoms with Gasteiger partial charge in [0.05, 0.1) is 12.7 Å². The number of nitrogens with zero attached hydrogens (tertiary/aromatic N) is 3. The van der Waals surface area contributed by atoms with Gasteiger partial charge >= 0.3 is 0 Å². The van der Waals surface area contributed by atoms with E-state index in [1.807, 2.05) is 24.1 Å². The summed E-state index contributed by atoms with van der Waals surface area (Å²) in [7, 11) is 1.93. The van der Waals surface area contributed by atoms with E-state index in [9.17, 15) is 0 Å². The lowest BCUT2D eigenvalue weighted by Crippen LogP contribution is -2.42. The van der Waals surface area contributed by atoms with Crippen LogP contribution in [0, 0.1) is 5.92 Å². The molecule has 0 bridgehead atoms. The smallest absolute Gasteiger partial charge is 0.191 e. The van der Waals surface area contributed by atoms with Crippen LogP contribution in [0.5, 0.6) is 0 Å². The number of guanidine groups is 1. The summed E-state index contributed by atoms with van der Waals surface area (Å²) in [5.41, 5.74) is 1.14. The first-order valence-corrected chi connectivity index (χ1v) is 9.19. The first kappa shape index (κ1) is 17.8. The lowest BCUT2D eigenvalue weighted by atomic mass is 9.85. The third-order valence-corrected chi connectivity index (χ3v) is 4.64. The minimum atomic E-state index is 0.462. The van der Waals surface area contributed by atoms with Gasteiger partial charge in [-0.3, -0.25) is 4.68 Å². The van der Waals surface area contributed by atoms with Crippen LogP contribution < -0.4 is 10.6 Å². The Hall–Kier alpha value is -1.52. The zero-order valence-electron chi connectivity index (χ0n) is 15.0. The van der Waals surface area contributed by atoms with Gasteiger partial charge in [-0.25, -0.2) is 4.99 Å². The molecule has 0 aromatic carbocycles. The summed E-state index contributed by atoms with van der Waals surface area (Å²) < 4.78 is 1.82. The van der Waals surface area contributed by atoms with Crippen molar-refractivity contribution in [2.24, 2.45) is 18.0 Å². The Morgan fingerprint density at radius 2 is 2.17 bits per heavy atom. The molecule has 1 aromatic rings. The topological polar surface area (TPSA) is 54.2 Å². The van der Waals surface area contributed by atoms with Crippen molar-refractivity contribution in [2.45, 2.75) is 71.4 Å². The molecule has 2 N–H and O–H groups in total. The molecule has 5 nitrogen and oxygen atoms in total. The summed E-state index contributed by atoms with van der Waals surface area (Å²) in [6.45, 7) is 5.92. The molecule has 5 heteroatoms. The monoisotopic (exact) mass is 319 g/mol. The van der Waals surface area contributed by atoms with Gasteiger partial charge in [0.25, 0.3) is 0 Å². The van der Waals surface area contributed by atoms with E-state index >= 15 is 0 Å². The quantitative estimate of drug-likeness (QED) is 0.599. The summed E-state index contributed by atoms with van der Waals surface area (Å²) in [6, 6.07) is 0.462. The summed E-state index contributed by atoms with van der Waals surface area (Å²) >= 11 is 0. The van der Waals surface area contributed by atoms with E-state index in [0.29, 0.717) is 12.6 Å². The fourth-order valence-corrected chi connectivity index (χ4v) is 3.31. The van der Waals surface area contributed by atoms with E-state index in [2.05, 4.69) is 34.6 Å². The lowest BCUT2D eigenvalue weighted by Gasteiger charge is -2.24. The van der Waals surface area contributed by atoms with Crippen LogP contribution in [0.25, 0.3) is 0 Å². The molecule has 23 heavy (non-hydrogen) atoms. The molecular formula is C18H33N5. The van der Waals surface area contributed by atoms with Crippen molar-refractivity contribution in [1.82, 2.24) is 20.4 Å². The van der Waals surface area contributed by atoms with Gasteiger partial charge in [-0.15, -0.1) is 0 Å². The van der Waals surface area contributed by atoms with Crippen molar-refractivity contribution >= 4 is 5.96 Å². The number of aliphatic imine (C=N–C) groups is 1. The molecule has 1 aliphatic carbocycles. The molecule has 0 spiro atoms. The molecule has 1 aliphatic rings. The molecule has 1 fully saturated rings. The Morgan fingerprint density at radius 1 is 1.39 bits per heavy atom. The van der Waals surface area contributed by atoms with E-state index in [0.717, 1.165) is 24.0 Å². The Balaban J connectivity index is 1.77. The highest BCUT2D eigenvalue weighted by Crippen LogP contribution is 2.27. The van der Waals surface area contributed by atoms with Gasteiger partial charge in [0, 0.05) is 31.4 Å². The minimum absolute atomic E-state index is 0.462. The van der Waals surface area contributed by atoms with Crippen molar-refractivity contribution < 1.29 is 0 Å². The van der Waals surface area contributed by atoms with Crippen molar-refractivity contribution in [3.05, 3.63) is 18.0 Å². The summed E-state index contributed by atoms with van der Waals surface area (Å²) in [5.74, 6) is 1.86. The minimum Gasteiger partial charge on any atom is -0.357 e. The lowest BCUT2D eigenvalue weighted by molar-refractivity contribution is 0.322. The molecule has 1 unspecified atom stereocenters. The van der Waals surface area contributed by atoms with Crippen LogP contribution in [0.2, 0.25) is 0 Å². The number of hydrogen-bond acceptors (Lipinski definition) is 2. The number of nitrogens with one attached hydrogen (secondary N) is 2. The average molecular weight is 319 g/mol. The van der Waals surface area contributed by atoms with Crippen LogP contribution in [-0.4, -0.2) is 28.3 Å². The fraction of sp³-hybridized carbons (Fsp3) is 0.778. The highest BCUT2D eigenvalue weighted by atomic mass is 15.2. The molecule has 0 amide bonds. The maximum absolute atomic E-state index is 4.67. The van der Waals surface area contributed by atoms with Crippen molar-refractivity contribution in [3.8, 4) is 0 Å². The predicted molar refractivity (Wildman–Crippen MR) is 96.4 cm³/mol. The van der Waals surface area contributed by atoms with Gasteiger partial charge in [-0.1, -0.05) is 32.1 Å². The van der Waals surface area contributed by atoms with E-state index in [1.165, 1.54) is 44.9 Å². The zero-order valence-corrected chi connectivity index (χ0v) is 15.0. The van der Waals surface area contributed by atoms with Crippen LogP contribution in [-0.2, 0) is 13.6 Å². The maximum Gasteiger partial charge on any atom is 0.191 e. The van der Waals surface area contributed by atoms with Gasteiger partial charge in [0.15, 0.2) is 5.96 Å². The van der Waals surface area contributed by atoms with Crippen LogP contribution >= 0.6 is 0 Å². The highest BCUT2D eigenvalue weighted by Gasteiger charge is 2.15. The van der Waals surface area contributed by atoms with Gasteiger partial charge in [-0.05, 0) is 32.6 Å². The Labute approximate surface area is 141 Å². The standard InChI is InChI=1S/C18H33N5/c1-4-19-18(20-12-17-13-21-23(3)14-17)22-15(2)10-11-16-8-6-5-7-9-16/h13-16H,4-12H2,1-3H3,(H2,19,20,22). The van der Waals surface area contributed by atoms with E-state index < -0.39 is 0 Å². The molecule has 1 heterocycles. The van der Waals surface area contributed by atoms with Crippen LogP contribution in [0.4, 0.5) is 0 Å². The van der Waals surface area contributed by atoms with E-state index in [1.54, 1.807) is 0 Å². The average Bonchev–Trinajstić information content (AvgIpc) is 2.97. The summed E-state index contributed by atoms with van der Waals surface area (Å²) in [5, 5.41) is 11.1. The van der Waals surface area contributed by atoms with E-state index in [-0.39, 0.29) is 0 Å². The Bertz CT molecular complexity index is 474. The second kappa shape index (κ2) is 9.58. The number of aryl methyl sites for hydroxylation is 1. The molecule has 130 valence electrons. The van der Waals surface area contributed by atoms with Crippen LogP contribution in [0.15, 0.2) is 17.4 Å². The molecule has 0 saturated heterocycles. The molecular weight excluding hydrogens is 286 g/mol. The van der Waals surface area contributed by atoms with Crippen molar-refractivity contribution in [2.75, 3.05) is 6.54 Å². The third-order valence-electron chi connectivity index (χ3n) is 4.64. The van der Waals surface area contributed by atoms with Gasteiger partial charge in [0.2, 0.25) is 0 Å². The zero-order chi connectivity index (χ0) is 16.5. The van der Waals surface area contributed by atoms with Crippen molar-refractivity contribution in [3.63, 3.8) is 0 Å². The SMILES string of the molecule is CCNC(=NCc1cnn(C)c1)NC(C)CCC1CCCCC1. The molecule has 1 saturated carbocycles. The maximum atomic E-state index is 4.67. The predicted octanol–water partition coefficient (Wildman–Crippen LogP) is 3.22. The van der Waals surface area contributed by atoms with Gasteiger partial charge in [-0.2, -0.15) is 5.10 Å². The van der Waals surface area contributed by atoms with Crippen LogP contribution in [0.1, 0.15) is 64.4 Å². The number of hydrogen-bond donors (Lipinski definition) is 2. The molecule has 0 aliphatic heterocycles. The molecule has 2 rings (SSSR count). The summed E-state index contributed by atoms with van der Waals surface area (Å²) in [6.07, 6.45) is 13.6. The summed E-state index contributed by atoms with van der Waals surface area (Å²) in [4.78, 5) is 4.67. The second-order valence-corrected chi connectivity index (χ2v) is 6.84. The normalized spacial score (nSPS) is 18.0. The first-order chi connectivity index (χ1) is 11.2. The number of aromatic nitrogens is 2. The molecule has 0 radical (unpaired) electrons. The second-order valence-electron chi connectivity index (χ2n) is 6.84. The fourth-order valence-electron chi connectivity index (χ4n) is 3.31. The van der Waals surface area contributed by atoms with Gasteiger partial charge < -0.3 is 10.6 Å². The Morgan fingerprint density at radius 3 is 2.83 bits per heavy atom. The van der Waals surface area contributed by atoms with Crippen LogP contribution in [0.3, 0.4) is 0 Å². The Kier molecular flexibility index (Phi) is 7.43. The van der Waals surface area contributed by atoms with E-state index in [4.69, 9.17) is 0 Å². The highest BCUT2D eigenvalue weighted by molar-refractivity contribution is 5.80. The molecule has 1 aromatic heterocycles. The third kappa shape index (κ3) is 6.63. The molecule has 1 atom stereocenters. The first-order valence-electron chi connectivity index (χ1n) is 9.19. The number of rotatable bonds is 7. The van der Waals surface area contributed by atoms with Crippen molar-refractivity contribution in [1.29, 1.82) is 0 Å². The largest absolute Gasteiger partial charge is 0.357 e.